The molecule has 0 heterocycles. The molecule has 0 aromatic heterocycles. The molecule has 2 N–H and O–H groups in total. The number of allylic oxidation sites excluding steroid dienone is 1. The molecule has 0 saturated heterocycles. The van der Waals surface area contributed by atoms with Gasteiger partial charge in [0.15, 0.2) is 0 Å². The van der Waals surface area contributed by atoms with Gasteiger partial charge in [-0.15, -0.1) is 9.24 Å². The van der Waals surface area contributed by atoms with Crippen LogP contribution in [0.25, 0.3) is 0 Å². The molecule has 0 fully saturated rings. The van der Waals surface area contributed by atoms with Gasteiger partial charge in [0, 0.05) is 11.4 Å². The Kier molecular flexibility index (Phi) is 3.31. The average Bonchev–Trinajstić information content (AvgIpc) is 1.82. The van der Waals surface area contributed by atoms with Crippen LogP contribution < -0.4 is 5.73 Å². The van der Waals surface area contributed by atoms with Crippen LogP contribution in [0.4, 0.5) is 0 Å². The molecule has 2 heteroatoms. The molecule has 2 unspecified atom stereocenters. The molecular weight excluding hydrogens is 153 g/mol. The maximum absolute atomic E-state index is 5.53. The Hall–Kier alpha value is -0.290. The zero-order chi connectivity index (χ0) is 9.23. The smallest absolute Gasteiger partial charge is 0.0274 e. The summed E-state index contributed by atoms with van der Waals surface area (Å²) in [6.45, 7) is 14.0. The molecule has 2 atom stereocenters. The van der Waals surface area contributed by atoms with Crippen LogP contribution in [0.2, 0.25) is 0 Å². The third kappa shape index (κ3) is 3.07. The van der Waals surface area contributed by atoms with Gasteiger partial charge in [-0.3, -0.25) is 0 Å². The van der Waals surface area contributed by atoms with Gasteiger partial charge in [-0.25, -0.2) is 0 Å². The van der Waals surface area contributed by atoms with Crippen molar-refractivity contribution in [1.82, 2.24) is 0 Å². The molecule has 11 heavy (non-hydrogen) atoms. The second-order valence-electron chi connectivity index (χ2n) is 3.89. The zero-order valence-corrected chi connectivity index (χ0v) is 8.80. The SMILES string of the molecule is C=C(N)C(=C)C(P)C(C)(C)C. The fourth-order valence-corrected chi connectivity index (χ4v) is 0.937. The molecule has 0 aliphatic carbocycles. The van der Waals surface area contributed by atoms with Crippen LogP contribution in [0, 0.1) is 5.41 Å². The average molecular weight is 171 g/mol. The Morgan fingerprint density at radius 3 is 1.82 bits per heavy atom. The largest absolute Gasteiger partial charge is 0.399 e. The van der Waals surface area contributed by atoms with Crippen LogP contribution in [0.3, 0.4) is 0 Å². The minimum atomic E-state index is 0.185. The molecule has 0 aliphatic rings. The summed E-state index contributed by atoms with van der Waals surface area (Å²) < 4.78 is 0. The lowest BCUT2D eigenvalue weighted by Gasteiger charge is -2.28. The summed E-state index contributed by atoms with van der Waals surface area (Å²) in [5.41, 5.74) is 7.52. The van der Waals surface area contributed by atoms with Crippen molar-refractivity contribution in [2.24, 2.45) is 11.1 Å². The second kappa shape index (κ2) is 3.40. The second-order valence-corrected chi connectivity index (χ2v) is 4.56. The van der Waals surface area contributed by atoms with E-state index in [4.69, 9.17) is 5.73 Å². The summed E-state index contributed by atoms with van der Waals surface area (Å²) in [7, 11) is 2.75. The van der Waals surface area contributed by atoms with Crippen LogP contribution in [0.5, 0.6) is 0 Å². The third-order valence-corrected chi connectivity index (χ3v) is 3.12. The van der Waals surface area contributed by atoms with Crippen LogP contribution in [0.1, 0.15) is 20.8 Å². The van der Waals surface area contributed by atoms with Crippen molar-refractivity contribution in [2.45, 2.75) is 26.4 Å². The van der Waals surface area contributed by atoms with Crippen molar-refractivity contribution in [2.75, 3.05) is 0 Å². The highest BCUT2D eigenvalue weighted by Gasteiger charge is 2.22. The number of rotatable bonds is 2. The molecule has 0 radical (unpaired) electrons. The Balaban J connectivity index is 4.38. The van der Waals surface area contributed by atoms with E-state index in [1.54, 1.807) is 0 Å². The Morgan fingerprint density at radius 1 is 1.36 bits per heavy atom. The van der Waals surface area contributed by atoms with Gasteiger partial charge in [-0.05, 0) is 11.0 Å². The van der Waals surface area contributed by atoms with Crippen LogP contribution in [0.15, 0.2) is 24.4 Å². The zero-order valence-electron chi connectivity index (χ0n) is 7.65. The van der Waals surface area contributed by atoms with Crippen molar-refractivity contribution >= 4 is 9.24 Å². The van der Waals surface area contributed by atoms with Crippen molar-refractivity contribution in [3.63, 3.8) is 0 Å². The number of nitrogens with two attached hydrogens (primary N) is 1. The van der Waals surface area contributed by atoms with Crippen LogP contribution >= 0.6 is 9.24 Å². The van der Waals surface area contributed by atoms with Crippen LogP contribution in [-0.4, -0.2) is 5.66 Å². The maximum Gasteiger partial charge on any atom is 0.0274 e. The quantitative estimate of drug-likeness (QED) is 0.500. The summed E-state index contributed by atoms with van der Waals surface area (Å²) in [6.07, 6.45) is 0. The standard InChI is InChI=1S/C9H18NP/c1-6(7(2)10)8(11)9(3,4)5/h8H,1-2,10-11H2,3-5H3. The first-order valence-electron chi connectivity index (χ1n) is 3.66. The molecule has 0 aromatic carbocycles. The lowest BCUT2D eigenvalue weighted by Crippen LogP contribution is -2.24. The summed E-state index contributed by atoms with van der Waals surface area (Å²) in [5, 5.41) is 0. The normalized spacial score (nSPS) is 14.2. The van der Waals surface area contributed by atoms with Gasteiger partial charge in [-0.2, -0.15) is 0 Å². The van der Waals surface area contributed by atoms with E-state index in [-0.39, 0.29) is 5.41 Å². The van der Waals surface area contributed by atoms with Gasteiger partial charge in [0.1, 0.15) is 0 Å². The fourth-order valence-electron chi connectivity index (χ4n) is 0.722. The summed E-state index contributed by atoms with van der Waals surface area (Å²) in [6, 6.07) is 0. The lowest BCUT2D eigenvalue weighted by molar-refractivity contribution is 0.423. The van der Waals surface area contributed by atoms with Crippen molar-refractivity contribution in [3.05, 3.63) is 24.4 Å². The monoisotopic (exact) mass is 171 g/mol. The van der Waals surface area contributed by atoms with Crippen molar-refractivity contribution in [3.8, 4) is 0 Å². The van der Waals surface area contributed by atoms with Crippen molar-refractivity contribution < 1.29 is 0 Å². The number of hydrogen-bond donors (Lipinski definition) is 1. The molecule has 0 bridgehead atoms. The highest BCUT2D eigenvalue weighted by Crippen LogP contribution is 2.32. The molecule has 0 saturated carbocycles. The first kappa shape index (κ1) is 10.7. The highest BCUT2D eigenvalue weighted by molar-refractivity contribution is 7.18. The van der Waals surface area contributed by atoms with E-state index in [1.807, 2.05) is 0 Å². The van der Waals surface area contributed by atoms with E-state index in [1.165, 1.54) is 0 Å². The molecule has 0 aliphatic heterocycles. The third-order valence-electron chi connectivity index (χ3n) is 1.72. The Bertz CT molecular complexity index is 176. The number of hydrogen-bond acceptors (Lipinski definition) is 1. The van der Waals surface area contributed by atoms with Gasteiger partial charge in [-0.1, -0.05) is 33.9 Å². The summed E-state index contributed by atoms with van der Waals surface area (Å²) >= 11 is 0. The predicted molar refractivity (Wildman–Crippen MR) is 55.4 cm³/mol. The Morgan fingerprint density at radius 2 is 1.73 bits per heavy atom. The van der Waals surface area contributed by atoms with E-state index in [2.05, 4.69) is 43.2 Å². The first-order valence-corrected chi connectivity index (χ1v) is 4.32. The van der Waals surface area contributed by atoms with Crippen LogP contribution in [-0.2, 0) is 0 Å². The van der Waals surface area contributed by atoms with Gasteiger partial charge < -0.3 is 5.73 Å². The highest BCUT2D eigenvalue weighted by atomic mass is 31.0. The summed E-state index contributed by atoms with van der Waals surface area (Å²) in [4.78, 5) is 0. The van der Waals surface area contributed by atoms with Gasteiger partial charge >= 0.3 is 0 Å². The minimum Gasteiger partial charge on any atom is -0.399 e. The molecule has 64 valence electrons. The first-order chi connectivity index (χ1) is 4.76. The van der Waals surface area contributed by atoms with Crippen molar-refractivity contribution in [1.29, 1.82) is 0 Å². The Labute approximate surface area is 71.9 Å². The van der Waals surface area contributed by atoms with Gasteiger partial charge in [0.25, 0.3) is 0 Å². The molecule has 0 amide bonds. The fraction of sp³-hybridized carbons (Fsp3) is 0.556. The molecule has 0 spiro atoms. The molecule has 0 rings (SSSR count). The van der Waals surface area contributed by atoms with E-state index in [0.717, 1.165) is 5.57 Å². The van der Waals surface area contributed by atoms with E-state index in [0.29, 0.717) is 11.4 Å². The van der Waals surface area contributed by atoms with Gasteiger partial charge in [0.05, 0.1) is 0 Å². The molecule has 0 aromatic rings. The molecular formula is C9H18NP. The minimum absolute atomic E-state index is 0.185. The lowest BCUT2D eigenvalue weighted by atomic mass is 9.87. The van der Waals surface area contributed by atoms with Gasteiger partial charge in [0.2, 0.25) is 0 Å². The topological polar surface area (TPSA) is 26.0 Å². The van der Waals surface area contributed by atoms with E-state index >= 15 is 0 Å². The van der Waals surface area contributed by atoms with E-state index < -0.39 is 0 Å². The predicted octanol–water partition coefficient (Wildman–Crippen LogP) is 2.30. The molecule has 1 nitrogen and oxygen atoms in total. The van der Waals surface area contributed by atoms with E-state index in [9.17, 15) is 0 Å². The summed E-state index contributed by atoms with van der Waals surface area (Å²) in [5.74, 6) is 0. The maximum atomic E-state index is 5.53.